The van der Waals surface area contributed by atoms with Crippen molar-refractivity contribution in [1.82, 2.24) is 5.32 Å². The van der Waals surface area contributed by atoms with Crippen LogP contribution < -0.4 is 25.3 Å². The van der Waals surface area contributed by atoms with Crippen molar-refractivity contribution in [1.29, 1.82) is 0 Å². The first-order valence-corrected chi connectivity index (χ1v) is 8.82. The van der Waals surface area contributed by atoms with E-state index in [1.54, 1.807) is 19.2 Å². The molecule has 1 unspecified atom stereocenters. The zero-order valence-corrected chi connectivity index (χ0v) is 14.7. The van der Waals surface area contributed by atoms with Crippen molar-refractivity contribution in [3.05, 3.63) is 47.0 Å². The number of ether oxygens (including phenoxy) is 3. The van der Waals surface area contributed by atoms with E-state index in [0.717, 1.165) is 30.5 Å². The molecule has 2 aliphatic rings. The lowest BCUT2D eigenvalue weighted by atomic mass is 9.87. The van der Waals surface area contributed by atoms with Gasteiger partial charge in [0.15, 0.2) is 11.5 Å². The van der Waals surface area contributed by atoms with Crippen LogP contribution in [0.1, 0.15) is 40.4 Å². The van der Waals surface area contributed by atoms with Gasteiger partial charge in [-0.15, -0.1) is 0 Å². The van der Waals surface area contributed by atoms with Crippen LogP contribution in [0.4, 0.5) is 5.69 Å². The molecular weight excluding hydrogens is 332 g/mol. The number of hydrogen-bond acceptors (Lipinski definition) is 5. The highest BCUT2D eigenvalue weighted by Crippen LogP contribution is 2.40. The normalized spacial score (nSPS) is 18.0. The maximum Gasteiger partial charge on any atom is 0.252 e. The van der Waals surface area contributed by atoms with Crippen molar-refractivity contribution in [3.63, 3.8) is 0 Å². The molecule has 0 saturated heterocycles. The Bertz CT molecular complexity index is 833. The van der Waals surface area contributed by atoms with Crippen LogP contribution in [0.3, 0.4) is 0 Å². The van der Waals surface area contributed by atoms with Gasteiger partial charge >= 0.3 is 0 Å². The third-order valence-electron chi connectivity index (χ3n) is 4.88. The van der Waals surface area contributed by atoms with Gasteiger partial charge in [0.1, 0.15) is 13.2 Å². The molecule has 6 nitrogen and oxygen atoms in total. The highest BCUT2D eigenvalue weighted by Gasteiger charge is 2.25. The molecule has 0 aromatic heterocycles. The van der Waals surface area contributed by atoms with Gasteiger partial charge in [0, 0.05) is 11.3 Å². The van der Waals surface area contributed by atoms with Crippen LogP contribution in [-0.2, 0) is 6.42 Å². The Balaban J connectivity index is 1.60. The number of fused-ring (bicyclic) bond motifs is 2. The number of nitrogens with one attached hydrogen (secondary N) is 1. The molecule has 26 heavy (non-hydrogen) atoms. The number of hydrogen-bond donors (Lipinski definition) is 2. The predicted molar refractivity (Wildman–Crippen MR) is 98.0 cm³/mol. The second-order valence-electron chi connectivity index (χ2n) is 6.58. The van der Waals surface area contributed by atoms with Gasteiger partial charge in [-0.3, -0.25) is 4.79 Å². The molecule has 0 spiro atoms. The van der Waals surface area contributed by atoms with Gasteiger partial charge in [0.25, 0.3) is 5.91 Å². The first-order chi connectivity index (χ1) is 12.7. The fourth-order valence-electron chi connectivity index (χ4n) is 3.63. The summed E-state index contributed by atoms with van der Waals surface area (Å²) in [5.41, 5.74) is 9.49. The second-order valence-corrected chi connectivity index (χ2v) is 6.58. The largest absolute Gasteiger partial charge is 0.493 e. The lowest BCUT2D eigenvalue weighted by Crippen LogP contribution is -2.31. The third kappa shape index (κ3) is 3.03. The molecule has 0 fully saturated rings. The lowest BCUT2D eigenvalue weighted by Gasteiger charge is -2.27. The Labute approximate surface area is 152 Å². The van der Waals surface area contributed by atoms with E-state index in [2.05, 4.69) is 5.32 Å². The maximum atomic E-state index is 12.9. The number of benzene rings is 2. The van der Waals surface area contributed by atoms with E-state index in [1.165, 1.54) is 5.56 Å². The molecule has 0 radical (unpaired) electrons. The minimum atomic E-state index is -0.157. The summed E-state index contributed by atoms with van der Waals surface area (Å²) in [6, 6.07) is 9.27. The summed E-state index contributed by atoms with van der Waals surface area (Å²) in [5, 5.41) is 3.14. The van der Waals surface area contributed by atoms with Gasteiger partial charge in [-0.05, 0) is 54.7 Å². The Morgan fingerprint density at radius 1 is 1.23 bits per heavy atom. The summed E-state index contributed by atoms with van der Waals surface area (Å²) in [7, 11) is 1.55. The number of nitrogen functional groups attached to an aromatic ring is 1. The molecule has 1 aliphatic heterocycles. The van der Waals surface area contributed by atoms with E-state index in [-0.39, 0.29) is 11.9 Å². The van der Waals surface area contributed by atoms with Crippen molar-refractivity contribution >= 4 is 11.6 Å². The molecule has 136 valence electrons. The zero-order valence-electron chi connectivity index (χ0n) is 14.7. The number of carbonyl (C=O) groups excluding carboxylic acids is 1. The van der Waals surface area contributed by atoms with Gasteiger partial charge in [-0.2, -0.15) is 0 Å². The molecule has 0 bridgehead atoms. The van der Waals surface area contributed by atoms with Gasteiger partial charge in [-0.25, -0.2) is 0 Å². The average molecular weight is 354 g/mol. The highest BCUT2D eigenvalue weighted by molar-refractivity contribution is 5.96. The molecule has 0 saturated carbocycles. The molecule has 2 aromatic carbocycles. The van der Waals surface area contributed by atoms with Crippen molar-refractivity contribution in [2.45, 2.75) is 25.3 Å². The smallest absolute Gasteiger partial charge is 0.252 e. The Hall–Kier alpha value is -2.89. The van der Waals surface area contributed by atoms with E-state index < -0.39 is 0 Å². The number of amides is 1. The Morgan fingerprint density at radius 2 is 2.08 bits per heavy atom. The number of methoxy groups -OCH3 is 1. The van der Waals surface area contributed by atoms with Crippen molar-refractivity contribution in [3.8, 4) is 17.2 Å². The van der Waals surface area contributed by atoms with E-state index in [9.17, 15) is 4.79 Å². The standard InChI is InChI=1S/C20H22N2O4/c1-24-17-10-13(11-18-19(17)26-8-7-25-18)20(23)22-16-4-2-3-12-9-14(21)5-6-15(12)16/h5-6,9-11,16H,2-4,7-8,21H2,1H3,(H,22,23). The molecular formula is C20H22N2O4. The molecule has 1 amide bonds. The van der Waals surface area contributed by atoms with E-state index in [4.69, 9.17) is 19.9 Å². The summed E-state index contributed by atoms with van der Waals surface area (Å²) in [4.78, 5) is 12.9. The first kappa shape index (κ1) is 16.6. The van der Waals surface area contributed by atoms with Crippen LogP contribution in [0.25, 0.3) is 0 Å². The summed E-state index contributed by atoms with van der Waals surface area (Å²) < 4.78 is 16.6. The van der Waals surface area contributed by atoms with E-state index in [1.807, 2.05) is 18.2 Å². The van der Waals surface area contributed by atoms with Crippen molar-refractivity contribution < 1.29 is 19.0 Å². The number of anilines is 1. The summed E-state index contributed by atoms with van der Waals surface area (Å²) in [6.07, 6.45) is 2.92. The molecule has 2 aromatic rings. The van der Waals surface area contributed by atoms with Crippen molar-refractivity contribution in [2.75, 3.05) is 26.1 Å². The number of aryl methyl sites for hydroxylation is 1. The summed E-state index contributed by atoms with van der Waals surface area (Å²) >= 11 is 0. The fourth-order valence-corrected chi connectivity index (χ4v) is 3.63. The van der Waals surface area contributed by atoms with Gasteiger partial charge in [0.05, 0.1) is 13.2 Å². The first-order valence-electron chi connectivity index (χ1n) is 8.82. The highest BCUT2D eigenvalue weighted by atomic mass is 16.6. The third-order valence-corrected chi connectivity index (χ3v) is 4.88. The van der Waals surface area contributed by atoms with Crippen LogP contribution in [0.2, 0.25) is 0 Å². The van der Waals surface area contributed by atoms with Gasteiger partial charge in [0.2, 0.25) is 5.75 Å². The fraction of sp³-hybridized carbons (Fsp3) is 0.350. The van der Waals surface area contributed by atoms with Crippen molar-refractivity contribution in [2.24, 2.45) is 0 Å². The Morgan fingerprint density at radius 3 is 2.92 bits per heavy atom. The van der Waals surface area contributed by atoms with Crippen LogP contribution in [0.15, 0.2) is 30.3 Å². The molecule has 1 heterocycles. The topological polar surface area (TPSA) is 82.8 Å². The summed E-state index contributed by atoms with van der Waals surface area (Å²) in [6.45, 7) is 0.926. The molecule has 3 N–H and O–H groups in total. The number of carbonyl (C=O) groups is 1. The van der Waals surface area contributed by atoms with Gasteiger partial charge in [-0.1, -0.05) is 6.07 Å². The van der Waals surface area contributed by atoms with E-state index >= 15 is 0 Å². The predicted octanol–water partition coefficient (Wildman–Crippen LogP) is 2.86. The van der Waals surface area contributed by atoms with Gasteiger partial charge < -0.3 is 25.3 Å². The summed E-state index contributed by atoms with van der Waals surface area (Å²) in [5.74, 6) is 1.44. The number of nitrogens with two attached hydrogens (primary N) is 1. The second kappa shape index (κ2) is 6.78. The molecule has 1 aliphatic carbocycles. The van der Waals surface area contributed by atoms with Crippen LogP contribution in [-0.4, -0.2) is 26.2 Å². The van der Waals surface area contributed by atoms with Crippen LogP contribution in [0.5, 0.6) is 17.2 Å². The van der Waals surface area contributed by atoms with Crippen LogP contribution in [0, 0.1) is 0 Å². The lowest BCUT2D eigenvalue weighted by molar-refractivity contribution is 0.0931. The quantitative estimate of drug-likeness (QED) is 0.828. The molecule has 4 rings (SSSR count). The minimum Gasteiger partial charge on any atom is -0.493 e. The minimum absolute atomic E-state index is 0.0222. The molecule has 6 heteroatoms. The van der Waals surface area contributed by atoms with E-state index in [0.29, 0.717) is 36.0 Å². The molecule has 1 atom stereocenters. The maximum absolute atomic E-state index is 12.9. The average Bonchev–Trinajstić information content (AvgIpc) is 2.67. The van der Waals surface area contributed by atoms with Crippen LogP contribution >= 0.6 is 0 Å². The number of rotatable bonds is 3. The SMILES string of the molecule is COc1cc(C(=O)NC2CCCc3cc(N)ccc32)cc2c1OCCO2. The monoisotopic (exact) mass is 354 g/mol. The Kier molecular flexibility index (Phi) is 4.32. The zero-order chi connectivity index (χ0) is 18.1.